The van der Waals surface area contributed by atoms with Gasteiger partial charge in [-0.25, -0.2) is 0 Å². The SMILES string of the molecule is COc1ccc(CCN=C2NN=C(c3ccc(NC(C)=O)cc3)CS2)cc1OC. The van der Waals surface area contributed by atoms with E-state index in [-0.39, 0.29) is 5.91 Å². The maximum atomic E-state index is 11.1. The van der Waals surface area contributed by atoms with Crippen LogP contribution in [0.1, 0.15) is 18.1 Å². The molecule has 0 fully saturated rings. The maximum absolute atomic E-state index is 11.1. The molecule has 0 aromatic heterocycles. The lowest BCUT2D eigenvalue weighted by Gasteiger charge is -2.15. The number of rotatable bonds is 7. The normalized spacial score (nSPS) is 14.7. The van der Waals surface area contributed by atoms with Crippen LogP contribution in [0.5, 0.6) is 11.5 Å². The predicted molar refractivity (Wildman–Crippen MR) is 118 cm³/mol. The number of hydrogen-bond donors (Lipinski definition) is 2. The molecule has 3 rings (SSSR count). The van der Waals surface area contributed by atoms with Crippen molar-refractivity contribution in [2.75, 3.05) is 31.8 Å². The molecule has 29 heavy (non-hydrogen) atoms. The fourth-order valence-corrected chi connectivity index (χ4v) is 3.61. The van der Waals surface area contributed by atoms with E-state index in [0.29, 0.717) is 6.54 Å². The van der Waals surface area contributed by atoms with Crippen molar-refractivity contribution >= 4 is 34.2 Å². The number of thioether (sulfide) groups is 1. The van der Waals surface area contributed by atoms with Gasteiger partial charge in [0, 0.05) is 24.9 Å². The van der Waals surface area contributed by atoms with Gasteiger partial charge >= 0.3 is 0 Å². The molecule has 0 aliphatic carbocycles. The summed E-state index contributed by atoms with van der Waals surface area (Å²) in [5.74, 6) is 2.10. The van der Waals surface area contributed by atoms with Crippen LogP contribution in [0.3, 0.4) is 0 Å². The first kappa shape index (κ1) is 20.7. The summed E-state index contributed by atoms with van der Waals surface area (Å²) in [5.41, 5.74) is 6.90. The molecule has 0 saturated heterocycles. The smallest absolute Gasteiger partial charge is 0.221 e. The van der Waals surface area contributed by atoms with Gasteiger partial charge in [-0.1, -0.05) is 30.0 Å². The van der Waals surface area contributed by atoms with Crippen LogP contribution in [0.25, 0.3) is 0 Å². The lowest BCUT2D eigenvalue weighted by atomic mass is 10.1. The van der Waals surface area contributed by atoms with E-state index in [9.17, 15) is 4.79 Å². The Bertz CT molecular complexity index is 926. The Hall–Kier alpha value is -3.00. The molecule has 0 bridgehead atoms. The summed E-state index contributed by atoms with van der Waals surface area (Å²) in [6, 6.07) is 13.5. The number of carbonyl (C=O) groups is 1. The van der Waals surface area contributed by atoms with Gasteiger partial charge in [0.15, 0.2) is 16.7 Å². The van der Waals surface area contributed by atoms with E-state index >= 15 is 0 Å². The molecule has 0 spiro atoms. The average Bonchev–Trinajstić information content (AvgIpc) is 2.74. The number of hydrazone groups is 1. The van der Waals surface area contributed by atoms with Crippen LogP contribution in [0.15, 0.2) is 52.6 Å². The Morgan fingerprint density at radius 1 is 1.17 bits per heavy atom. The van der Waals surface area contributed by atoms with Crippen LogP contribution in [0, 0.1) is 0 Å². The number of anilines is 1. The summed E-state index contributed by atoms with van der Waals surface area (Å²) in [4.78, 5) is 15.7. The van der Waals surface area contributed by atoms with Gasteiger partial charge in [-0.3, -0.25) is 15.2 Å². The van der Waals surface area contributed by atoms with Crippen molar-refractivity contribution < 1.29 is 14.3 Å². The van der Waals surface area contributed by atoms with E-state index in [4.69, 9.17) is 9.47 Å². The minimum atomic E-state index is -0.0843. The fraction of sp³-hybridized carbons (Fsp3) is 0.286. The Balaban J connectivity index is 1.55. The first-order valence-corrected chi connectivity index (χ1v) is 10.2. The van der Waals surface area contributed by atoms with Crippen molar-refractivity contribution in [3.8, 4) is 11.5 Å². The first-order chi connectivity index (χ1) is 14.1. The molecule has 0 atom stereocenters. The van der Waals surface area contributed by atoms with Gasteiger partial charge in [0.1, 0.15) is 0 Å². The summed E-state index contributed by atoms with van der Waals surface area (Å²) in [7, 11) is 3.26. The topological polar surface area (TPSA) is 84.3 Å². The zero-order valence-electron chi connectivity index (χ0n) is 16.7. The molecule has 8 heteroatoms. The summed E-state index contributed by atoms with van der Waals surface area (Å²) in [5, 5.41) is 8.01. The lowest BCUT2D eigenvalue weighted by molar-refractivity contribution is -0.114. The number of nitrogens with one attached hydrogen (secondary N) is 2. The lowest BCUT2D eigenvalue weighted by Crippen LogP contribution is -2.25. The van der Waals surface area contributed by atoms with Crippen LogP contribution < -0.4 is 20.2 Å². The third-order valence-corrected chi connectivity index (χ3v) is 5.19. The quantitative estimate of drug-likeness (QED) is 0.729. The van der Waals surface area contributed by atoms with Crippen LogP contribution in [0.2, 0.25) is 0 Å². The summed E-state index contributed by atoms with van der Waals surface area (Å²) in [6.07, 6.45) is 0.799. The standard InChI is InChI=1S/C21H24N4O3S/c1-14(26)23-17-7-5-16(6-8-17)18-13-29-21(25-24-18)22-11-10-15-4-9-19(27-2)20(12-15)28-3/h4-9,12H,10-11,13H2,1-3H3,(H,22,25)(H,23,26). The molecule has 0 saturated carbocycles. The highest BCUT2D eigenvalue weighted by atomic mass is 32.2. The molecule has 152 valence electrons. The second-order valence-electron chi connectivity index (χ2n) is 6.34. The molecule has 1 aliphatic rings. The molecule has 1 aliphatic heterocycles. The molecule has 1 heterocycles. The monoisotopic (exact) mass is 412 g/mol. The zero-order valence-corrected chi connectivity index (χ0v) is 17.5. The number of carbonyl (C=O) groups excluding carboxylic acids is 1. The minimum Gasteiger partial charge on any atom is -0.493 e. The number of amides is 1. The summed E-state index contributed by atoms with van der Waals surface area (Å²) in [6.45, 7) is 2.15. The highest BCUT2D eigenvalue weighted by Crippen LogP contribution is 2.27. The second-order valence-corrected chi connectivity index (χ2v) is 7.31. The molecule has 7 nitrogen and oxygen atoms in total. The van der Waals surface area contributed by atoms with E-state index in [0.717, 1.165) is 51.4 Å². The van der Waals surface area contributed by atoms with Gasteiger partial charge in [-0.05, 0) is 41.8 Å². The van der Waals surface area contributed by atoms with Gasteiger partial charge in [-0.2, -0.15) is 5.10 Å². The molecule has 2 aromatic carbocycles. The van der Waals surface area contributed by atoms with Gasteiger partial charge in [-0.15, -0.1) is 0 Å². The minimum absolute atomic E-state index is 0.0843. The van der Waals surface area contributed by atoms with E-state index in [1.54, 1.807) is 26.0 Å². The van der Waals surface area contributed by atoms with Crippen molar-refractivity contribution in [3.05, 3.63) is 53.6 Å². The Labute approximate surface area is 174 Å². The van der Waals surface area contributed by atoms with Crippen LogP contribution in [-0.2, 0) is 11.2 Å². The van der Waals surface area contributed by atoms with E-state index in [1.807, 2.05) is 42.5 Å². The summed E-state index contributed by atoms with van der Waals surface area (Å²) < 4.78 is 10.6. The zero-order chi connectivity index (χ0) is 20.6. The van der Waals surface area contributed by atoms with Crippen LogP contribution in [-0.4, -0.2) is 43.3 Å². The van der Waals surface area contributed by atoms with E-state index in [2.05, 4.69) is 20.8 Å². The highest BCUT2D eigenvalue weighted by Gasteiger charge is 2.13. The average molecular weight is 413 g/mol. The number of methoxy groups -OCH3 is 2. The molecule has 2 aromatic rings. The van der Waals surface area contributed by atoms with Crippen molar-refractivity contribution in [2.24, 2.45) is 10.1 Å². The molecular weight excluding hydrogens is 388 g/mol. The van der Waals surface area contributed by atoms with Gasteiger partial charge in [0.2, 0.25) is 5.91 Å². The first-order valence-electron chi connectivity index (χ1n) is 9.18. The Morgan fingerprint density at radius 2 is 1.93 bits per heavy atom. The number of hydrogen-bond acceptors (Lipinski definition) is 6. The van der Waals surface area contributed by atoms with E-state index < -0.39 is 0 Å². The van der Waals surface area contributed by atoms with E-state index in [1.165, 1.54) is 6.92 Å². The van der Waals surface area contributed by atoms with Crippen molar-refractivity contribution in [2.45, 2.75) is 13.3 Å². The number of aliphatic imine (C=N–C) groups is 1. The van der Waals surface area contributed by atoms with Crippen molar-refractivity contribution in [1.29, 1.82) is 0 Å². The third-order valence-electron chi connectivity index (χ3n) is 4.27. The van der Waals surface area contributed by atoms with Crippen molar-refractivity contribution in [3.63, 3.8) is 0 Å². The maximum Gasteiger partial charge on any atom is 0.221 e. The number of nitrogens with zero attached hydrogens (tertiary/aromatic N) is 2. The molecule has 0 unspecified atom stereocenters. The highest BCUT2D eigenvalue weighted by molar-refractivity contribution is 8.14. The van der Waals surface area contributed by atoms with Crippen molar-refractivity contribution in [1.82, 2.24) is 5.43 Å². The van der Waals surface area contributed by atoms with Gasteiger partial charge in [0.05, 0.1) is 19.9 Å². The second kappa shape index (κ2) is 9.97. The molecule has 2 N–H and O–H groups in total. The fourth-order valence-electron chi connectivity index (χ4n) is 2.82. The number of ether oxygens (including phenoxy) is 2. The van der Waals surface area contributed by atoms with Gasteiger partial charge in [0.25, 0.3) is 0 Å². The molecule has 1 amide bonds. The molecular formula is C21H24N4O3S. The predicted octanol–water partition coefficient (Wildman–Crippen LogP) is 3.30. The number of benzene rings is 2. The molecule has 0 radical (unpaired) electrons. The number of amidine groups is 1. The van der Waals surface area contributed by atoms with Crippen LogP contribution >= 0.6 is 11.8 Å². The van der Waals surface area contributed by atoms with Gasteiger partial charge < -0.3 is 14.8 Å². The Morgan fingerprint density at radius 3 is 2.55 bits per heavy atom. The third kappa shape index (κ3) is 5.74. The largest absolute Gasteiger partial charge is 0.493 e. The van der Waals surface area contributed by atoms with Crippen LogP contribution in [0.4, 0.5) is 5.69 Å². The summed E-state index contributed by atoms with van der Waals surface area (Å²) >= 11 is 1.62. The Kier molecular flexibility index (Phi) is 7.13.